The van der Waals surface area contributed by atoms with Crippen molar-refractivity contribution in [1.29, 1.82) is 5.41 Å². The van der Waals surface area contributed by atoms with Gasteiger partial charge in [-0.1, -0.05) is 39.7 Å². The Morgan fingerprint density at radius 1 is 1.26 bits per heavy atom. The van der Waals surface area contributed by atoms with Crippen LogP contribution in [0.4, 0.5) is 5.69 Å². The van der Waals surface area contributed by atoms with Crippen LogP contribution in [0.2, 0.25) is 0 Å². The summed E-state index contributed by atoms with van der Waals surface area (Å²) in [6.45, 7) is 1.97. The topological polar surface area (TPSA) is 80.0 Å². The molecule has 0 aliphatic carbocycles. The Kier molecular flexibility index (Phi) is 5.83. The summed E-state index contributed by atoms with van der Waals surface area (Å²) in [6.07, 6.45) is 5.77. The van der Waals surface area contributed by atoms with Crippen LogP contribution in [0.3, 0.4) is 0 Å². The number of carbonyl (C=O) groups is 1. The van der Waals surface area contributed by atoms with Crippen molar-refractivity contribution in [3.63, 3.8) is 0 Å². The highest BCUT2D eigenvalue weighted by atomic mass is 79.9. The molecule has 2 N–H and O–H groups in total. The van der Waals surface area contributed by atoms with Gasteiger partial charge in [-0.15, -0.1) is 0 Å². The number of amides is 1. The highest BCUT2D eigenvalue weighted by molar-refractivity contribution is 9.10. The lowest BCUT2D eigenvalue weighted by atomic mass is 10.2. The zero-order valence-electron chi connectivity index (χ0n) is 14.5. The molecular formula is C20H17BrN4O2. The fourth-order valence-electron chi connectivity index (χ4n) is 2.35. The molecule has 27 heavy (non-hydrogen) atoms. The summed E-state index contributed by atoms with van der Waals surface area (Å²) in [5.74, 6) is -0.00870. The Labute approximate surface area is 165 Å². The molecular weight excluding hydrogens is 408 g/mol. The molecule has 3 rings (SSSR count). The van der Waals surface area contributed by atoms with Gasteiger partial charge in [0.2, 0.25) is 5.76 Å². The fraction of sp³-hybridized carbons (Fsp3) is 0.0500. The lowest BCUT2D eigenvalue weighted by Crippen LogP contribution is -2.21. The Morgan fingerprint density at radius 2 is 2.04 bits per heavy atom. The third-order valence-electron chi connectivity index (χ3n) is 3.68. The van der Waals surface area contributed by atoms with E-state index >= 15 is 0 Å². The van der Waals surface area contributed by atoms with Crippen molar-refractivity contribution in [2.45, 2.75) is 6.92 Å². The molecule has 0 atom stereocenters. The average molecular weight is 425 g/mol. The minimum absolute atomic E-state index is 0.0123. The van der Waals surface area contributed by atoms with Crippen molar-refractivity contribution in [3.05, 3.63) is 83.0 Å². The molecule has 7 heteroatoms. The van der Waals surface area contributed by atoms with Crippen molar-refractivity contribution in [3.8, 4) is 5.75 Å². The maximum atomic E-state index is 12.9. The SMILES string of the molecule is Cc1ccc(NC(=O)/C(Oc2cccc(Br)c2)=C(\C=N)n2ccnc2)cc1. The van der Waals surface area contributed by atoms with E-state index in [0.717, 1.165) is 16.3 Å². The van der Waals surface area contributed by atoms with Gasteiger partial charge in [0, 0.05) is 28.8 Å². The molecule has 0 saturated carbocycles. The Bertz CT molecular complexity index is 979. The van der Waals surface area contributed by atoms with E-state index in [0.29, 0.717) is 11.4 Å². The maximum absolute atomic E-state index is 12.9. The van der Waals surface area contributed by atoms with Gasteiger partial charge in [0.15, 0.2) is 0 Å². The third kappa shape index (κ3) is 4.71. The predicted octanol–water partition coefficient (Wildman–Crippen LogP) is 4.49. The minimum Gasteiger partial charge on any atom is -0.449 e. The van der Waals surface area contributed by atoms with Gasteiger partial charge in [0.05, 0.1) is 6.33 Å². The van der Waals surface area contributed by atoms with Gasteiger partial charge in [0.1, 0.15) is 11.4 Å². The zero-order chi connectivity index (χ0) is 19.2. The molecule has 0 spiro atoms. The lowest BCUT2D eigenvalue weighted by Gasteiger charge is -2.15. The second-order valence-electron chi connectivity index (χ2n) is 5.71. The summed E-state index contributed by atoms with van der Waals surface area (Å²) in [5.41, 5.74) is 1.99. The van der Waals surface area contributed by atoms with E-state index in [1.807, 2.05) is 37.3 Å². The summed E-state index contributed by atoms with van der Waals surface area (Å²) >= 11 is 3.39. The number of aromatic nitrogens is 2. The highest BCUT2D eigenvalue weighted by Crippen LogP contribution is 2.23. The van der Waals surface area contributed by atoms with E-state index in [4.69, 9.17) is 10.1 Å². The van der Waals surface area contributed by atoms with Gasteiger partial charge in [-0.05, 0) is 37.3 Å². The Morgan fingerprint density at radius 3 is 2.67 bits per heavy atom. The second kappa shape index (κ2) is 8.46. The summed E-state index contributed by atoms with van der Waals surface area (Å²) < 4.78 is 8.24. The van der Waals surface area contributed by atoms with E-state index in [-0.39, 0.29) is 11.5 Å². The Hall–Kier alpha value is -3.19. The van der Waals surface area contributed by atoms with Gasteiger partial charge in [0.25, 0.3) is 5.91 Å². The lowest BCUT2D eigenvalue weighted by molar-refractivity contribution is -0.114. The molecule has 0 unspecified atom stereocenters. The number of hydrogen-bond donors (Lipinski definition) is 2. The molecule has 0 saturated heterocycles. The second-order valence-corrected chi connectivity index (χ2v) is 6.62. The number of imidazole rings is 1. The molecule has 136 valence electrons. The monoisotopic (exact) mass is 424 g/mol. The van der Waals surface area contributed by atoms with Gasteiger partial charge in [-0.2, -0.15) is 0 Å². The van der Waals surface area contributed by atoms with Crippen molar-refractivity contribution in [1.82, 2.24) is 9.55 Å². The summed E-state index contributed by atoms with van der Waals surface area (Å²) in [7, 11) is 0. The van der Waals surface area contributed by atoms with E-state index in [9.17, 15) is 4.79 Å². The number of ether oxygens (including phenoxy) is 1. The van der Waals surface area contributed by atoms with Crippen LogP contribution in [0.15, 0.2) is 77.5 Å². The number of anilines is 1. The van der Waals surface area contributed by atoms with Gasteiger partial charge >= 0.3 is 0 Å². The van der Waals surface area contributed by atoms with E-state index in [1.165, 1.54) is 6.33 Å². The smallest absolute Gasteiger partial charge is 0.293 e. The number of aryl methyl sites for hydroxylation is 1. The number of rotatable bonds is 6. The molecule has 1 heterocycles. The van der Waals surface area contributed by atoms with Gasteiger partial charge in [-0.25, -0.2) is 4.98 Å². The molecule has 3 aromatic rings. The van der Waals surface area contributed by atoms with Crippen LogP contribution in [0.25, 0.3) is 5.70 Å². The molecule has 1 aromatic heterocycles. The van der Waals surface area contributed by atoms with Crippen molar-refractivity contribution in [2.24, 2.45) is 0 Å². The van der Waals surface area contributed by atoms with Crippen LogP contribution >= 0.6 is 15.9 Å². The summed E-state index contributed by atoms with van der Waals surface area (Å²) in [5, 5.41) is 10.6. The van der Waals surface area contributed by atoms with Crippen molar-refractivity contribution in [2.75, 3.05) is 5.32 Å². The quantitative estimate of drug-likeness (QED) is 0.347. The highest BCUT2D eigenvalue weighted by Gasteiger charge is 2.19. The molecule has 0 radical (unpaired) electrons. The number of carbonyl (C=O) groups excluding carboxylic acids is 1. The first-order valence-electron chi connectivity index (χ1n) is 8.11. The summed E-state index contributed by atoms with van der Waals surface area (Å²) in [4.78, 5) is 16.9. The first-order valence-corrected chi connectivity index (χ1v) is 8.90. The summed E-state index contributed by atoms with van der Waals surface area (Å²) in [6, 6.07) is 14.6. The van der Waals surface area contributed by atoms with Gasteiger partial charge < -0.3 is 20.0 Å². The van der Waals surface area contributed by atoms with Crippen LogP contribution in [-0.4, -0.2) is 21.7 Å². The number of nitrogens with one attached hydrogen (secondary N) is 2. The third-order valence-corrected chi connectivity index (χ3v) is 4.18. The molecule has 0 aliphatic heterocycles. The largest absolute Gasteiger partial charge is 0.449 e. The van der Waals surface area contributed by atoms with Crippen LogP contribution in [0, 0.1) is 12.3 Å². The van der Waals surface area contributed by atoms with Crippen molar-refractivity contribution < 1.29 is 9.53 Å². The predicted molar refractivity (Wildman–Crippen MR) is 109 cm³/mol. The maximum Gasteiger partial charge on any atom is 0.293 e. The van der Waals surface area contributed by atoms with Crippen LogP contribution in [-0.2, 0) is 4.79 Å². The molecule has 0 aliphatic rings. The average Bonchev–Trinajstić information content (AvgIpc) is 3.18. The molecule has 6 nitrogen and oxygen atoms in total. The molecule has 0 fully saturated rings. The van der Waals surface area contributed by atoms with Crippen molar-refractivity contribution >= 4 is 39.4 Å². The van der Waals surface area contributed by atoms with Crippen LogP contribution in [0.1, 0.15) is 5.56 Å². The van der Waals surface area contributed by atoms with E-state index in [2.05, 4.69) is 26.2 Å². The van der Waals surface area contributed by atoms with E-state index < -0.39 is 5.91 Å². The number of nitrogens with zero attached hydrogens (tertiary/aromatic N) is 2. The Balaban J connectivity index is 1.99. The normalized spacial score (nSPS) is 11.5. The van der Waals surface area contributed by atoms with Crippen LogP contribution < -0.4 is 10.1 Å². The van der Waals surface area contributed by atoms with Gasteiger partial charge in [-0.3, -0.25) is 4.79 Å². The molecule has 0 bridgehead atoms. The fourth-order valence-corrected chi connectivity index (χ4v) is 2.73. The first-order chi connectivity index (χ1) is 13.1. The van der Waals surface area contributed by atoms with Crippen LogP contribution in [0.5, 0.6) is 5.75 Å². The zero-order valence-corrected chi connectivity index (χ0v) is 16.1. The number of halogens is 1. The number of allylic oxidation sites excluding steroid dienone is 1. The minimum atomic E-state index is -0.467. The molecule has 1 amide bonds. The first kappa shape index (κ1) is 18.6. The van der Waals surface area contributed by atoms with E-state index in [1.54, 1.807) is 35.2 Å². The standard InChI is InChI=1S/C20H17BrN4O2/c1-14-5-7-16(8-6-14)24-20(26)19(18(12-22)25-10-9-23-13-25)27-17-4-2-3-15(21)11-17/h2-13,22H,1H3,(H,24,26)/b19-18-,22-12?. The molecule has 2 aromatic carbocycles. The number of benzene rings is 2. The number of hydrogen-bond acceptors (Lipinski definition) is 4.